The lowest BCUT2D eigenvalue weighted by atomic mass is 10.00. The second-order valence-electron chi connectivity index (χ2n) is 10.5. The van der Waals surface area contributed by atoms with Gasteiger partial charge < -0.3 is 15.7 Å². The van der Waals surface area contributed by atoms with E-state index >= 15 is 0 Å². The monoisotopic (exact) mass is 675 g/mol. The number of hydrogen-bond acceptors (Lipinski definition) is 5. The number of sulfonamides is 1. The fourth-order valence-corrected chi connectivity index (χ4v) is 6.72. The van der Waals surface area contributed by atoms with Crippen molar-refractivity contribution in [1.29, 1.82) is 0 Å². The smallest absolute Gasteiger partial charge is 0.390 e. The van der Waals surface area contributed by atoms with Crippen LogP contribution in [0.1, 0.15) is 53.7 Å². The van der Waals surface area contributed by atoms with Gasteiger partial charge in [0.1, 0.15) is 11.6 Å². The summed E-state index contributed by atoms with van der Waals surface area (Å²) < 4.78 is 95.1. The van der Waals surface area contributed by atoms with Gasteiger partial charge in [0.05, 0.1) is 22.6 Å². The fourth-order valence-electron chi connectivity index (χ4n) is 4.72. The first-order valence-corrected chi connectivity index (χ1v) is 16.1. The first-order valence-electron chi connectivity index (χ1n) is 14.3. The minimum Gasteiger partial charge on any atom is -0.390 e. The van der Waals surface area contributed by atoms with E-state index in [1.165, 1.54) is 28.6 Å². The molecule has 7 nitrogen and oxygen atoms in total. The molecule has 0 bridgehead atoms. The van der Waals surface area contributed by atoms with E-state index in [-0.39, 0.29) is 59.2 Å². The SMILES string of the molecule is CCCN(CCC)S(=O)(=O)c1cc(Cl)cc(C(=O)N[C@@H](Cc2cc(F)cc(F)c2)[C@H](O)CNCc2cccc(C(F)(F)F)c2)c1. The molecule has 0 spiro atoms. The normalized spacial score (nSPS) is 13.6. The summed E-state index contributed by atoms with van der Waals surface area (Å²) in [5, 5.41) is 16.4. The number of aliphatic hydroxyl groups excluding tert-OH is 1. The molecule has 45 heavy (non-hydrogen) atoms. The lowest BCUT2D eigenvalue weighted by Crippen LogP contribution is -2.48. The van der Waals surface area contributed by atoms with E-state index in [9.17, 15) is 40.3 Å². The summed E-state index contributed by atoms with van der Waals surface area (Å²) in [7, 11) is -4.00. The van der Waals surface area contributed by atoms with E-state index < -0.39 is 51.5 Å². The third-order valence-corrected chi connectivity index (χ3v) is 8.91. The number of amides is 1. The molecule has 0 aromatic heterocycles. The van der Waals surface area contributed by atoms with Crippen molar-refractivity contribution in [2.75, 3.05) is 19.6 Å². The molecule has 0 unspecified atom stereocenters. The Labute approximate surface area is 264 Å². The molecule has 3 N–H and O–H groups in total. The van der Waals surface area contributed by atoms with E-state index in [1.54, 1.807) is 0 Å². The molecule has 0 aliphatic rings. The van der Waals surface area contributed by atoms with E-state index in [0.29, 0.717) is 18.9 Å². The highest BCUT2D eigenvalue weighted by Crippen LogP contribution is 2.29. The molecule has 0 saturated heterocycles. The topological polar surface area (TPSA) is 98.7 Å². The van der Waals surface area contributed by atoms with Gasteiger partial charge in [-0.1, -0.05) is 43.6 Å². The van der Waals surface area contributed by atoms with Gasteiger partial charge in [-0.05, 0) is 66.8 Å². The Morgan fingerprint density at radius 3 is 2.20 bits per heavy atom. The molecule has 2 atom stereocenters. The molecule has 3 aromatic carbocycles. The van der Waals surface area contributed by atoms with E-state index in [4.69, 9.17) is 11.6 Å². The summed E-state index contributed by atoms with van der Waals surface area (Å²) in [6.07, 6.45) is -5.03. The lowest BCUT2D eigenvalue weighted by molar-refractivity contribution is -0.137. The Balaban J connectivity index is 1.85. The highest BCUT2D eigenvalue weighted by atomic mass is 35.5. The average Bonchev–Trinajstić information content (AvgIpc) is 2.95. The number of rotatable bonds is 15. The minimum absolute atomic E-state index is 0.0266. The number of nitrogens with zero attached hydrogens (tertiary/aromatic N) is 1. The summed E-state index contributed by atoms with van der Waals surface area (Å²) in [6, 6.07) is 9.81. The second-order valence-corrected chi connectivity index (χ2v) is 12.9. The third kappa shape index (κ3) is 10.5. The Morgan fingerprint density at radius 2 is 1.60 bits per heavy atom. The van der Waals surface area contributed by atoms with E-state index in [1.807, 2.05) is 13.8 Å². The van der Waals surface area contributed by atoms with Crippen molar-refractivity contribution in [3.63, 3.8) is 0 Å². The molecular weight excluding hydrogens is 641 g/mol. The Kier molecular flexibility index (Phi) is 12.9. The van der Waals surface area contributed by atoms with Crippen molar-refractivity contribution >= 4 is 27.5 Å². The summed E-state index contributed by atoms with van der Waals surface area (Å²) in [5.41, 5.74) is -0.568. The minimum atomic E-state index is -4.53. The van der Waals surface area contributed by atoms with Gasteiger partial charge in [0.2, 0.25) is 10.0 Å². The second kappa shape index (κ2) is 15.9. The number of aliphatic hydroxyl groups is 1. The van der Waals surface area contributed by atoms with Gasteiger partial charge >= 0.3 is 6.18 Å². The molecule has 0 saturated carbocycles. The van der Waals surface area contributed by atoms with Gasteiger partial charge in [0.15, 0.2) is 0 Å². The number of carbonyl (C=O) groups excluding carboxylic acids is 1. The quantitative estimate of drug-likeness (QED) is 0.173. The Bertz CT molecular complexity index is 1550. The molecule has 3 rings (SSSR count). The summed E-state index contributed by atoms with van der Waals surface area (Å²) in [5.74, 6) is -2.56. The number of carbonyl (C=O) groups is 1. The molecule has 1 amide bonds. The van der Waals surface area contributed by atoms with Crippen molar-refractivity contribution in [3.8, 4) is 0 Å². The van der Waals surface area contributed by atoms with Crippen LogP contribution < -0.4 is 10.6 Å². The number of halogens is 6. The van der Waals surface area contributed by atoms with Crippen LogP contribution in [0.2, 0.25) is 5.02 Å². The predicted molar refractivity (Wildman–Crippen MR) is 161 cm³/mol. The number of benzene rings is 3. The molecule has 0 aliphatic heterocycles. The predicted octanol–water partition coefficient (Wildman–Crippen LogP) is 5.94. The molecular formula is C31H35ClF5N3O4S. The maximum atomic E-state index is 13.9. The molecule has 14 heteroatoms. The van der Waals surface area contributed by atoms with Gasteiger partial charge in [0, 0.05) is 42.8 Å². The van der Waals surface area contributed by atoms with Crippen LogP contribution >= 0.6 is 11.6 Å². The number of alkyl halides is 3. The van der Waals surface area contributed by atoms with Crippen molar-refractivity contribution in [3.05, 3.63) is 99.6 Å². The van der Waals surface area contributed by atoms with Crippen molar-refractivity contribution in [1.82, 2.24) is 14.9 Å². The van der Waals surface area contributed by atoms with Gasteiger partial charge in [-0.3, -0.25) is 4.79 Å². The number of nitrogens with one attached hydrogen (secondary N) is 2. The summed E-state index contributed by atoms with van der Waals surface area (Å²) in [6.45, 7) is 3.90. The van der Waals surface area contributed by atoms with Gasteiger partial charge in [-0.25, -0.2) is 17.2 Å². The molecule has 0 fully saturated rings. The van der Waals surface area contributed by atoms with Crippen LogP contribution in [0.15, 0.2) is 65.6 Å². The maximum absolute atomic E-state index is 13.9. The van der Waals surface area contributed by atoms with Crippen molar-refractivity contribution in [2.45, 2.75) is 62.9 Å². The maximum Gasteiger partial charge on any atom is 0.416 e. The Hall–Kier alpha value is -3.10. The summed E-state index contributed by atoms with van der Waals surface area (Å²) >= 11 is 6.21. The molecule has 0 heterocycles. The molecule has 246 valence electrons. The molecule has 0 radical (unpaired) electrons. The first kappa shape index (κ1) is 36.4. The van der Waals surface area contributed by atoms with Crippen LogP contribution in [0.5, 0.6) is 0 Å². The van der Waals surface area contributed by atoms with Crippen molar-refractivity contribution in [2.24, 2.45) is 0 Å². The van der Waals surface area contributed by atoms with Crippen LogP contribution in [-0.2, 0) is 29.2 Å². The van der Waals surface area contributed by atoms with Crippen LogP contribution in [0.3, 0.4) is 0 Å². The van der Waals surface area contributed by atoms with Gasteiger partial charge in [-0.2, -0.15) is 17.5 Å². The highest BCUT2D eigenvalue weighted by molar-refractivity contribution is 7.89. The standard InChI is InChI=1S/C31H35ClF5N3O4S/c1-3-8-40(9-4-2)45(43,44)27-15-22(14-24(32)16-27)30(42)39-28(13-21-11-25(33)17-26(34)12-21)29(41)19-38-18-20-6-5-7-23(10-20)31(35,36)37/h5-7,10-12,14-17,28-29,38,41H,3-4,8-9,13,18-19H2,1-2H3,(H,39,42)/t28-,29+/m0/s1. The zero-order valence-corrected chi connectivity index (χ0v) is 26.2. The molecule has 0 aliphatic carbocycles. The summed E-state index contributed by atoms with van der Waals surface area (Å²) in [4.78, 5) is 13.2. The van der Waals surface area contributed by atoms with E-state index in [0.717, 1.165) is 30.3 Å². The fraction of sp³-hybridized carbons (Fsp3) is 0.387. The molecule has 3 aromatic rings. The zero-order chi connectivity index (χ0) is 33.4. The van der Waals surface area contributed by atoms with E-state index in [2.05, 4.69) is 10.6 Å². The zero-order valence-electron chi connectivity index (χ0n) is 24.7. The van der Waals surface area contributed by atoms with Gasteiger partial charge in [-0.15, -0.1) is 0 Å². The highest BCUT2D eigenvalue weighted by Gasteiger charge is 2.30. The van der Waals surface area contributed by atoms with Crippen molar-refractivity contribution < 1.29 is 40.3 Å². The largest absolute Gasteiger partial charge is 0.416 e. The number of hydrogen-bond donors (Lipinski definition) is 3. The average molecular weight is 676 g/mol. The van der Waals surface area contributed by atoms with Crippen LogP contribution in [0, 0.1) is 11.6 Å². The third-order valence-electron chi connectivity index (χ3n) is 6.81. The lowest BCUT2D eigenvalue weighted by Gasteiger charge is -2.25. The van der Waals surface area contributed by atoms with Gasteiger partial charge in [0.25, 0.3) is 5.91 Å². The van der Waals surface area contributed by atoms with Crippen LogP contribution in [0.4, 0.5) is 22.0 Å². The Morgan fingerprint density at radius 1 is 0.956 bits per heavy atom. The van der Waals surface area contributed by atoms with Crippen LogP contribution in [0.25, 0.3) is 0 Å². The van der Waals surface area contributed by atoms with Crippen LogP contribution in [-0.4, -0.2) is 55.5 Å². The first-order chi connectivity index (χ1) is 21.1.